The fourth-order valence-corrected chi connectivity index (χ4v) is 1.47. The molecule has 1 saturated heterocycles. The van der Waals surface area contributed by atoms with Crippen molar-refractivity contribution in [3.05, 3.63) is 18.6 Å². The summed E-state index contributed by atoms with van der Waals surface area (Å²) in [6, 6.07) is 2.22. The molecule has 2 heterocycles. The van der Waals surface area contributed by atoms with Crippen LogP contribution in [0.25, 0.3) is 0 Å². The van der Waals surface area contributed by atoms with Gasteiger partial charge >= 0.3 is 0 Å². The van der Waals surface area contributed by atoms with Gasteiger partial charge in [-0.05, 0) is 12.5 Å². The number of rotatable bonds is 1. The minimum Gasteiger partial charge on any atom is -0.355 e. The first-order valence-electron chi connectivity index (χ1n) is 4.13. The lowest BCUT2D eigenvalue weighted by Crippen LogP contribution is -2.26. The SMILES string of the molecule is NC1CCN(c2ccncn2)C1. The van der Waals surface area contributed by atoms with E-state index in [1.807, 2.05) is 6.07 Å². The first-order chi connectivity index (χ1) is 5.86. The first kappa shape index (κ1) is 7.49. The molecule has 12 heavy (non-hydrogen) atoms. The molecule has 0 aliphatic carbocycles. The Morgan fingerprint density at radius 3 is 3.08 bits per heavy atom. The fourth-order valence-electron chi connectivity index (χ4n) is 1.47. The van der Waals surface area contributed by atoms with E-state index in [1.165, 1.54) is 0 Å². The molecule has 64 valence electrons. The summed E-state index contributed by atoms with van der Waals surface area (Å²) in [6.07, 6.45) is 4.38. The highest BCUT2D eigenvalue weighted by molar-refractivity contribution is 5.38. The van der Waals surface area contributed by atoms with Gasteiger partial charge in [0.25, 0.3) is 0 Å². The number of aromatic nitrogens is 2. The molecule has 1 aromatic heterocycles. The second kappa shape index (κ2) is 3.06. The Morgan fingerprint density at radius 1 is 1.58 bits per heavy atom. The molecule has 0 aromatic carbocycles. The Kier molecular flexibility index (Phi) is 1.91. The number of nitrogens with two attached hydrogens (primary N) is 1. The Balaban J connectivity index is 2.11. The molecule has 0 radical (unpaired) electrons. The molecule has 0 bridgehead atoms. The lowest BCUT2D eigenvalue weighted by molar-refractivity contribution is 0.751. The van der Waals surface area contributed by atoms with Crippen molar-refractivity contribution in [2.45, 2.75) is 12.5 Å². The molecule has 1 atom stereocenters. The number of anilines is 1. The maximum Gasteiger partial charge on any atom is 0.131 e. The van der Waals surface area contributed by atoms with Crippen LogP contribution in [0.15, 0.2) is 18.6 Å². The van der Waals surface area contributed by atoms with Crippen molar-refractivity contribution in [3.8, 4) is 0 Å². The third kappa shape index (κ3) is 1.38. The zero-order valence-corrected chi connectivity index (χ0v) is 6.85. The van der Waals surface area contributed by atoms with Crippen molar-refractivity contribution in [2.24, 2.45) is 5.73 Å². The maximum atomic E-state index is 5.78. The van der Waals surface area contributed by atoms with Crippen LogP contribution in [-0.4, -0.2) is 29.1 Å². The summed E-state index contributed by atoms with van der Waals surface area (Å²) in [5.41, 5.74) is 5.78. The predicted molar refractivity (Wildman–Crippen MR) is 46.8 cm³/mol. The van der Waals surface area contributed by atoms with Crippen molar-refractivity contribution in [2.75, 3.05) is 18.0 Å². The van der Waals surface area contributed by atoms with Crippen LogP contribution in [0.2, 0.25) is 0 Å². The van der Waals surface area contributed by atoms with Crippen molar-refractivity contribution in [3.63, 3.8) is 0 Å². The molecule has 0 saturated carbocycles. The Hall–Kier alpha value is -1.16. The van der Waals surface area contributed by atoms with Crippen LogP contribution in [0.1, 0.15) is 6.42 Å². The average molecular weight is 164 g/mol. The Labute approximate surface area is 71.4 Å². The maximum absolute atomic E-state index is 5.78. The van der Waals surface area contributed by atoms with E-state index in [9.17, 15) is 0 Å². The zero-order valence-electron chi connectivity index (χ0n) is 6.85. The standard InChI is InChI=1S/C8H12N4/c9-7-2-4-12(5-7)8-1-3-10-6-11-8/h1,3,6-7H,2,4-5,9H2. The quantitative estimate of drug-likeness (QED) is 0.635. The normalized spacial score (nSPS) is 23.1. The molecule has 1 unspecified atom stereocenters. The molecule has 1 fully saturated rings. The van der Waals surface area contributed by atoms with Crippen molar-refractivity contribution in [1.29, 1.82) is 0 Å². The minimum absolute atomic E-state index is 0.306. The van der Waals surface area contributed by atoms with Gasteiger partial charge in [-0.1, -0.05) is 0 Å². The summed E-state index contributed by atoms with van der Waals surface area (Å²) >= 11 is 0. The molecule has 2 rings (SSSR count). The van der Waals surface area contributed by atoms with Gasteiger partial charge < -0.3 is 10.6 Å². The highest BCUT2D eigenvalue weighted by Gasteiger charge is 2.19. The summed E-state index contributed by atoms with van der Waals surface area (Å²) < 4.78 is 0. The molecule has 4 heteroatoms. The molecular formula is C8H12N4. The van der Waals surface area contributed by atoms with E-state index in [0.717, 1.165) is 25.3 Å². The molecule has 1 aromatic rings. The van der Waals surface area contributed by atoms with Crippen LogP contribution in [0.3, 0.4) is 0 Å². The van der Waals surface area contributed by atoms with Crippen LogP contribution in [0.5, 0.6) is 0 Å². The van der Waals surface area contributed by atoms with E-state index >= 15 is 0 Å². The molecule has 1 aliphatic heterocycles. The van der Waals surface area contributed by atoms with Gasteiger partial charge in [0.1, 0.15) is 12.1 Å². The summed E-state index contributed by atoms with van der Waals surface area (Å²) in [5.74, 6) is 0.984. The van der Waals surface area contributed by atoms with Crippen molar-refractivity contribution >= 4 is 5.82 Å². The largest absolute Gasteiger partial charge is 0.355 e. The van der Waals surface area contributed by atoms with Crippen LogP contribution >= 0.6 is 0 Å². The van der Waals surface area contributed by atoms with Gasteiger partial charge in [0, 0.05) is 25.3 Å². The highest BCUT2D eigenvalue weighted by Crippen LogP contribution is 2.14. The fraction of sp³-hybridized carbons (Fsp3) is 0.500. The topological polar surface area (TPSA) is 55.0 Å². The van der Waals surface area contributed by atoms with Gasteiger partial charge in [-0.25, -0.2) is 9.97 Å². The minimum atomic E-state index is 0.306. The third-order valence-electron chi connectivity index (χ3n) is 2.12. The van der Waals surface area contributed by atoms with E-state index in [0.29, 0.717) is 6.04 Å². The highest BCUT2D eigenvalue weighted by atomic mass is 15.2. The van der Waals surface area contributed by atoms with Gasteiger partial charge in [-0.2, -0.15) is 0 Å². The van der Waals surface area contributed by atoms with Crippen LogP contribution < -0.4 is 10.6 Å². The third-order valence-corrected chi connectivity index (χ3v) is 2.12. The van der Waals surface area contributed by atoms with Gasteiger partial charge in [0.15, 0.2) is 0 Å². The number of hydrogen-bond acceptors (Lipinski definition) is 4. The van der Waals surface area contributed by atoms with Crippen LogP contribution in [0, 0.1) is 0 Å². The van der Waals surface area contributed by atoms with E-state index in [1.54, 1.807) is 12.5 Å². The molecule has 1 aliphatic rings. The number of hydrogen-bond donors (Lipinski definition) is 1. The predicted octanol–water partition coefficient (Wildman–Crippen LogP) is 0.0140. The van der Waals surface area contributed by atoms with Gasteiger partial charge in [-0.15, -0.1) is 0 Å². The Bertz CT molecular complexity index is 248. The summed E-state index contributed by atoms with van der Waals surface area (Å²) in [7, 11) is 0. The number of nitrogens with zero attached hydrogens (tertiary/aromatic N) is 3. The second-order valence-electron chi connectivity index (χ2n) is 3.06. The lowest BCUT2D eigenvalue weighted by atomic mass is 10.3. The van der Waals surface area contributed by atoms with Crippen molar-refractivity contribution in [1.82, 2.24) is 9.97 Å². The second-order valence-corrected chi connectivity index (χ2v) is 3.06. The summed E-state index contributed by atoms with van der Waals surface area (Å²) in [4.78, 5) is 10.2. The molecule has 2 N–H and O–H groups in total. The molecule has 4 nitrogen and oxygen atoms in total. The monoisotopic (exact) mass is 164 g/mol. The van der Waals surface area contributed by atoms with E-state index in [-0.39, 0.29) is 0 Å². The van der Waals surface area contributed by atoms with Gasteiger partial charge in [-0.3, -0.25) is 0 Å². The van der Waals surface area contributed by atoms with E-state index in [2.05, 4.69) is 14.9 Å². The van der Waals surface area contributed by atoms with Crippen LogP contribution in [-0.2, 0) is 0 Å². The molecule has 0 spiro atoms. The van der Waals surface area contributed by atoms with Gasteiger partial charge in [0.05, 0.1) is 0 Å². The first-order valence-corrected chi connectivity index (χ1v) is 4.13. The molecular weight excluding hydrogens is 152 g/mol. The molecule has 0 amide bonds. The Morgan fingerprint density at radius 2 is 2.50 bits per heavy atom. The van der Waals surface area contributed by atoms with E-state index in [4.69, 9.17) is 5.73 Å². The van der Waals surface area contributed by atoms with E-state index < -0.39 is 0 Å². The summed E-state index contributed by atoms with van der Waals surface area (Å²) in [5, 5.41) is 0. The van der Waals surface area contributed by atoms with Gasteiger partial charge in [0.2, 0.25) is 0 Å². The lowest BCUT2D eigenvalue weighted by Gasteiger charge is -2.15. The van der Waals surface area contributed by atoms with Crippen molar-refractivity contribution < 1.29 is 0 Å². The summed E-state index contributed by atoms with van der Waals surface area (Å²) in [6.45, 7) is 1.93. The zero-order chi connectivity index (χ0) is 8.39. The van der Waals surface area contributed by atoms with Crippen LogP contribution in [0.4, 0.5) is 5.82 Å². The average Bonchev–Trinajstić information content (AvgIpc) is 2.54. The smallest absolute Gasteiger partial charge is 0.131 e.